The molecule has 3 heterocycles. The van der Waals surface area contributed by atoms with Gasteiger partial charge < -0.3 is 16.5 Å². The molecule has 0 atom stereocenters. The van der Waals surface area contributed by atoms with Crippen LogP contribution in [0.1, 0.15) is 11.1 Å². The Hall–Kier alpha value is -2.83. The van der Waals surface area contributed by atoms with Gasteiger partial charge in [0.1, 0.15) is 16.9 Å². The minimum atomic E-state index is -0.327. The zero-order valence-corrected chi connectivity index (χ0v) is 9.97. The first-order valence-electron chi connectivity index (χ1n) is 5.70. The molecule has 0 aliphatic heterocycles. The van der Waals surface area contributed by atoms with Crippen LogP contribution in [-0.2, 0) is 6.42 Å². The number of hydrogen-bond acceptors (Lipinski definition) is 5. The molecule has 3 aromatic heterocycles. The van der Waals surface area contributed by atoms with Gasteiger partial charge in [0.25, 0.3) is 5.56 Å². The van der Waals surface area contributed by atoms with Gasteiger partial charge in [-0.05, 0) is 11.6 Å². The summed E-state index contributed by atoms with van der Waals surface area (Å²) in [5.41, 5.74) is 13.7. The fraction of sp³-hybridized carbons (Fsp3) is 0.0833. The van der Waals surface area contributed by atoms with Crippen LogP contribution in [0.3, 0.4) is 0 Å². The second-order valence-corrected chi connectivity index (χ2v) is 4.23. The van der Waals surface area contributed by atoms with Gasteiger partial charge in [0.2, 0.25) is 5.95 Å². The Labute approximate surface area is 107 Å². The Morgan fingerprint density at radius 1 is 1.26 bits per heavy atom. The number of aromatic amines is 2. The van der Waals surface area contributed by atoms with Gasteiger partial charge in [-0.3, -0.25) is 14.8 Å². The molecule has 0 aliphatic rings. The van der Waals surface area contributed by atoms with Crippen LogP contribution in [0.4, 0.5) is 11.8 Å². The van der Waals surface area contributed by atoms with Crippen molar-refractivity contribution in [3.8, 4) is 0 Å². The molecule has 6 N–H and O–H groups in total. The standard InChI is InChI=1S/C12H12N6O/c13-10-7(4-6-2-1-3-15-5-6)8-9(16-10)11(19)18-12(14)17-8/h1-3,5,16H,4,13H2,(H3,14,17,18,19). The topological polar surface area (TPSA) is 126 Å². The lowest BCUT2D eigenvalue weighted by Gasteiger charge is -2.01. The molecule has 3 aromatic rings. The average Bonchev–Trinajstić information content (AvgIpc) is 2.69. The third kappa shape index (κ3) is 1.90. The van der Waals surface area contributed by atoms with Gasteiger partial charge in [-0.15, -0.1) is 0 Å². The fourth-order valence-corrected chi connectivity index (χ4v) is 2.05. The summed E-state index contributed by atoms with van der Waals surface area (Å²) >= 11 is 0. The van der Waals surface area contributed by atoms with E-state index in [0.29, 0.717) is 23.3 Å². The highest BCUT2D eigenvalue weighted by atomic mass is 16.1. The van der Waals surface area contributed by atoms with Crippen LogP contribution in [0.5, 0.6) is 0 Å². The van der Waals surface area contributed by atoms with E-state index in [2.05, 4.69) is 19.9 Å². The molecule has 0 amide bonds. The van der Waals surface area contributed by atoms with Gasteiger partial charge in [-0.1, -0.05) is 6.07 Å². The van der Waals surface area contributed by atoms with Crippen molar-refractivity contribution in [2.24, 2.45) is 0 Å². The van der Waals surface area contributed by atoms with E-state index in [9.17, 15) is 4.79 Å². The molecule has 0 spiro atoms. The molecule has 7 nitrogen and oxygen atoms in total. The monoisotopic (exact) mass is 256 g/mol. The van der Waals surface area contributed by atoms with E-state index in [0.717, 1.165) is 11.1 Å². The summed E-state index contributed by atoms with van der Waals surface area (Å²) in [7, 11) is 0. The van der Waals surface area contributed by atoms with Gasteiger partial charge in [-0.2, -0.15) is 0 Å². The quantitative estimate of drug-likeness (QED) is 0.528. The SMILES string of the molecule is Nc1nc2c(Cc3cccnc3)c(N)[nH]c2c(=O)[nH]1. The normalized spacial score (nSPS) is 10.9. The van der Waals surface area contributed by atoms with E-state index in [-0.39, 0.29) is 11.5 Å². The van der Waals surface area contributed by atoms with Crippen molar-refractivity contribution in [3.63, 3.8) is 0 Å². The highest BCUT2D eigenvalue weighted by Crippen LogP contribution is 2.23. The number of anilines is 2. The minimum absolute atomic E-state index is 0.0731. The van der Waals surface area contributed by atoms with Crippen LogP contribution in [0.25, 0.3) is 11.0 Å². The van der Waals surface area contributed by atoms with E-state index in [1.165, 1.54) is 0 Å². The lowest BCUT2D eigenvalue weighted by Crippen LogP contribution is -2.11. The molecule has 0 saturated heterocycles. The Balaban J connectivity index is 2.18. The van der Waals surface area contributed by atoms with Crippen molar-refractivity contribution in [2.75, 3.05) is 11.5 Å². The van der Waals surface area contributed by atoms with Gasteiger partial charge in [-0.25, -0.2) is 4.98 Å². The number of nitrogens with one attached hydrogen (secondary N) is 2. The molecule has 0 fully saturated rings. The number of nitrogen functional groups attached to an aromatic ring is 2. The zero-order valence-electron chi connectivity index (χ0n) is 9.97. The maximum Gasteiger partial charge on any atom is 0.276 e. The van der Waals surface area contributed by atoms with E-state index in [1.54, 1.807) is 12.4 Å². The molecular weight excluding hydrogens is 244 g/mol. The molecule has 0 aliphatic carbocycles. The molecule has 3 rings (SSSR count). The molecular formula is C12H12N6O. The second-order valence-electron chi connectivity index (χ2n) is 4.23. The van der Waals surface area contributed by atoms with Crippen LogP contribution in [0.2, 0.25) is 0 Å². The van der Waals surface area contributed by atoms with Crippen molar-refractivity contribution in [3.05, 3.63) is 46.0 Å². The highest BCUT2D eigenvalue weighted by Gasteiger charge is 2.14. The fourth-order valence-electron chi connectivity index (χ4n) is 2.05. The molecule has 0 bridgehead atoms. The van der Waals surface area contributed by atoms with Crippen molar-refractivity contribution >= 4 is 22.8 Å². The molecule has 0 saturated carbocycles. The Kier molecular flexibility index (Phi) is 2.45. The first-order chi connectivity index (χ1) is 9.15. The van der Waals surface area contributed by atoms with Gasteiger partial charge >= 0.3 is 0 Å². The van der Waals surface area contributed by atoms with Gasteiger partial charge in [0.05, 0.1) is 0 Å². The first-order valence-corrected chi connectivity index (χ1v) is 5.70. The smallest absolute Gasteiger partial charge is 0.276 e. The number of fused-ring (bicyclic) bond motifs is 1. The Morgan fingerprint density at radius 3 is 2.84 bits per heavy atom. The summed E-state index contributed by atoms with van der Waals surface area (Å²) in [6.45, 7) is 0. The molecule has 0 unspecified atom stereocenters. The van der Waals surface area contributed by atoms with Gasteiger partial charge in [0.15, 0.2) is 0 Å². The summed E-state index contributed by atoms with van der Waals surface area (Å²) in [4.78, 5) is 25.2. The van der Waals surface area contributed by atoms with E-state index in [4.69, 9.17) is 11.5 Å². The maximum atomic E-state index is 11.7. The van der Waals surface area contributed by atoms with Crippen molar-refractivity contribution in [1.82, 2.24) is 19.9 Å². The van der Waals surface area contributed by atoms with Crippen molar-refractivity contribution < 1.29 is 0 Å². The largest absolute Gasteiger partial charge is 0.385 e. The van der Waals surface area contributed by atoms with Crippen LogP contribution in [0.15, 0.2) is 29.3 Å². The number of rotatable bonds is 2. The average molecular weight is 256 g/mol. The third-order valence-corrected chi connectivity index (χ3v) is 2.91. The Morgan fingerprint density at radius 2 is 2.11 bits per heavy atom. The highest BCUT2D eigenvalue weighted by molar-refractivity contribution is 5.84. The second kappa shape index (κ2) is 4.13. The number of aromatic nitrogens is 4. The van der Waals surface area contributed by atoms with Crippen LogP contribution in [-0.4, -0.2) is 19.9 Å². The summed E-state index contributed by atoms with van der Waals surface area (Å²) in [5, 5.41) is 0. The van der Waals surface area contributed by atoms with Crippen molar-refractivity contribution in [1.29, 1.82) is 0 Å². The molecule has 0 aromatic carbocycles. The third-order valence-electron chi connectivity index (χ3n) is 2.91. The zero-order chi connectivity index (χ0) is 13.4. The van der Waals surface area contributed by atoms with Crippen LogP contribution >= 0.6 is 0 Å². The summed E-state index contributed by atoms with van der Waals surface area (Å²) in [6.07, 6.45) is 3.98. The lowest BCUT2D eigenvalue weighted by atomic mass is 10.1. The number of nitrogens with zero attached hydrogens (tertiary/aromatic N) is 2. The number of H-pyrrole nitrogens is 2. The minimum Gasteiger partial charge on any atom is -0.385 e. The predicted molar refractivity (Wildman–Crippen MR) is 72.6 cm³/mol. The van der Waals surface area contributed by atoms with E-state index >= 15 is 0 Å². The van der Waals surface area contributed by atoms with E-state index in [1.807, 2.05) is 12.1 Å². The number of hydrogen-bond donors (Lipinski definition) is 4. The first kappa shape index (κ1) is 11.3. The lowest BCUT2D eigenvalue weighted by molar-refractivity contribution is 1.14. The number of pyridine rings is 1. The molecule has 96 valence electrons. The number of nitrogens with two attached hydrogens (primary N) is 2. The molecule has 19 heavy (non-hydrogen) atoms. The van der Waals surface area contributed by atoms with Crippen molar-refractivity contribution in [2.45, 2.75) is 6.42 Å². The van der Waals surface area contributed by atoms with Crippen LogP contribution < -0.4 is 17.0 Å². The Bertz CT molecular complexity index is 789. The van der Waals surface area contributed by atoms with Gasteiger partial charge in [0, 0.05) is 24.4 Å². The summed E-state index contributed by atoms with van der Waals surface area (Å²) < 4.78 is 0. The maximum absolute atomic E-state index is 11.7. The van der Waals surface area contributed by atoms with Crippen LogP contribution in [0, 0.1) is 0 Å². The summed E-state index contributed by atoms with van der Waals surface area (Å²) in [6, 6.07) is 3.77. The molecule has 7 heteroatoms. The molecule has 0 radical (unpaired) electrons. The predicted octanol–water partition coefficient (Wildman–Crippen LogP) is 0.401. The summed E-state index contributed by atoms with van der Waals surface area (Å²) in [5.74, 6) is 0.492. The van der Waals surface area contributed by atoms with E-state index < -0.39 is 0 Å².